The van der Waals surface area contributed by atoms with Gasteiger partial charge in [0, 0.05) is 12.0 Å². The first kappa shape index (κ1) is 16.4. The summed E-state index contributed by atoms with van der Waals surface area (Å²) in [5, 5.41) is 11.0. The van der Waals surface area contributed by atoms with Crippen LogP contribution in [-0.4, -0.2) is 11.8 Å². The molecule has 4 heteroatoms. The van der Waals surface area contributed by atoms with Gasteiger partial charge in [0.05, 0.1) is 5.97 Å². The van der Waals surface area contributed by atoms with Gasteiger partial charge in [-0.3, -0.25) is 4.79 Å². The van der Waals surface area contributed by atoms with E-state index < -0.39 is 11.4 Å². The number of rotatable bonds is 4. The van der Waals surface area contributed by atoms with Crippen molar-refractivity contribution < 1.29 is 44.3 Å². The topological polar surface area (TPSA) is 57.2 Å². The molecule has 0 spiro atoms. The standard InChI is InChI=1S/C13H16O3.Na/c1-9(14)8-13(2,3)11-7-5-4-6-10(11)12(15)16;/h4-7H,8H2,1-3H3,(H,15,16);/q;+1/p-1. The Kier molecular flexibility index (Phi) is 6.10. The molecule has 0 amide bonds. The summed E-state index contributed by atoms with van der Waals surface area (Å²) in [6, 6.07) is 6.66. The molecule has 0 bridgehead atoms. The van der Waals surface area contributed by atoms with Crippen molar-refractivity contribution in [3.05, 3.63) is 35.4 Å². The van der Waals surface area contributed by atoms with Crippen molar-refractivity contribution >= 4 is 11.8 Å². The van der Waals surface area contributed by atoms with Gasteiger partial charge in [-0.25, -0.2) is 0 Å². The molecule has 86 valence electrons. The molecule has 0 unspecified atom stereocenters. The van der Waals surface area contributed by atoms with E-state index in [2.05, 4.69) is 0 Å². The van der Waals surface area contributed by atoms with Crippen molar-refractivity contribution in [2.45, 2.75) is 32.6 Å². The Hall–Kier alpha value is -0.640. The van der Waals surface area contributed by atoms with Gasteiger partial charge in [-0.15, -0.1) is 0 Å². The van der Waals surface area contributed by atoms with Crippen LogP contribution in [0.25, 0.3) is 0 Å². The van der Waals surface area contributed by atoms with Crippen LogP contribution in [0.2, 0.25) is 0 Å². The van der Waals surface area contributed by atoms with Gasteiger partial charge in [0.1, 0.15) is 5.78 Å². The van der Waals surface area contributed by atoms with Gasteiger partial charge in [0.15, 0.2) is 0 Å². The molecule has 0 aliphatic carbocycles. The molecule has 0 saturated carbocycles. The third kappa shape index (κ3) is 4.26. The fraction of sp³-hybridized carbons (Fsp3) is 0.385. The number of carbonyl (C=O) groups excluding carboxylic acids is 2. The first-order chi connectivity index (χ1) is 7.34. The summed E-state index contributed by atoms with van der Waals surface area (Å²) in [5.74, 6) is -1.16. The smallest absolute Gasteiger partial charge is 0.545 e. The monoisotopic (exact) mass is 242 g/mol. The molecule has 0 N–H and O–H groups in total. The van der Waals surface area contributed by atoms with Crippen molar-refractivity contribution in [1.82, 2.24) is 0 Å². The Balaban J connectivity index is 0.00000256. The predicted molar refractivity (Wildman–Crippen MR) is 59.1 cm³/mol. The fourth-order valence-electron chi connectivity index (χ4n) is 1.97. The second-order valence-electron chi connectivity index (χ2n) is 4.60. The van der Waals surface area contributed by atoms with Gasteiger partial charge < -0.3 is 9.90 Å². The summed E-state index contributed by atoms with van der Waals surface area (Å²) < 4.78 is 0. The molecule has 17 heavy (non-hydrogen) atoms. The van der Waals surface area contributed by atoms with Crippen LogP contribution in [0.4, 0.5) is 0 Å². The first-order valence-corrected chi connectivity index (χ1v) is 5.15. The molecule has 1 aromatic carbocycles. The van der Waals surface area contributed by atoms with Crippen LogP contribution < -0.4 is 34.7 Å². The van der Waals surface area contributed by atoms with Crippen LogP contribution in [0.15, 0.2) is 24.3 Å². The maximum Gasteiger partial charge on any atom is 1.00 e. The molecule has 0 aromatic heterocycles. The zero-order valence-electron chi connectivity index (χ0n) is 10.7. The van der Waals surface area contributed by atoms with E-state index in [9.17, 15) is 14.7 Å². The van der Waals surface area contributed by atoms with Gasteiger partial charge in [0.2, 0.25) is 0 Å². The van der Waals surface area contributed by atoms with Gasteiger partial charge >= 0.3 is 29.6 Å². The minimum absolute atomic E-state index is 0. The minimum Gasteiger partial charge on any atom is -0.545 e. The molecule has 0 aliphatic rings. The number of carbonyl (C=O) groups is 2. The third-order valence-corrected chi connectivity index (χ3v) is 2.57. The van der Waals surface area contributed by atoms with Crippen LogP contribution in [0.3, 0.4) is 0 Å². The Labute approximate surface area is 124 Å². The summed E-state index contributed by atoms with van der Waals surface area (Å²) in [6.07, 6.45) is 0.317. The third-order valence-electron chi connectivity index (χ3n) is 2.57. The molecule has 0 radical (unpaired) electrons. The Morgan fingerprint density at radius 3 is 2.24 bits per heavy atom. The van der Waals surface area contributed by atoms with Gasteiger partial charge in [-0.1, -0.05) is 38.1 Å². The molecular formula is C13H15NaO3. The SMILES string of the molecule is CC(=O)CC(C)(C)c1ccccc1C(=O)[O-].[Na+]. The Bertz CT molecular complexity index is 424. The van der Waals surface area contributed by atoms with Gasteiger partial charge in [0.25, 0.3) is 0 Å². The largest absolute Gasteiger partial charge is 1.00 e. The summed E-state index contributed by atoms with van der Waals surface area (Å²) in [6.45, 7) is 5.22. The van der Waals surface area contributed by atoms with E-state index in [-0.39, 0.29) is 40.9 Å². The number of carboxylic acid groups (broad SMARTS) is 1. The molecular weight excluding hydrogens is 227 g/mol. The van der Waals surface area contributed by atoms with E-state index in [4.69, 9.17) is 0 Å². The molecule has 0 heterocycles. The summed E-state index contributed by atoms with van der Waals surface area (Å²) >= 11 is 0. The number of hydrogen-bond donors (Lipinski definition) is 0. The van der Waals surface area contributed by atoms with E-state index in [1.54, 1.807) is 18.2 Å². The van der Waals surface area contributed by atoms with Crippen molar-refractivity contribution in [3.63, 3.8) is 0 Å². The molecule has 0 saturated heterocycles. The van der Waals surface area contributed by atoms with Gasteiger partial charge in [-0.05, 0) is 17.9 Å². The summed E-state index contributed by atoms with van der Waals surface area (Å²) in [5.41, 5.74) is 0.321. The molecule has 1 aromatic rings. The average molecular weight is 242 g/mol. The van der Waals surface area contributed by atoms with Crippen molar-refractivity contribution in [1.29, 1.82) is 0 Å². The number of Topliss-reactive ketones (excluding diaryl/α,β-unsaturated/α-hetero) is 1. The van der Waals surface area contributed by atoms with Crippen LogP contribution in [0.1, 0.15) is 43.1 Å². The van der Waals surface area contributed by atoms with E-state index in [0.29, 0.717) is 12.0 Å². The Morgan fingerprint density at radius 2 is 1.76 bits per heavy atom. The zero-order chi connectivity index (χ0) is 12.3. The molecule has 1 rings (SSSR count). The molecule has 3 nitrogen and oxygen atoms in total. The summed E-state index contributed by atoms with van der Waals surface area (Å²) in [7, 11) is 0. The number of hydrogen-bond acceptors (Lipinski definition) is 3. The number of ketones is 1. The molecule has 0 fully saturated rings. The maximum atomic E-state index is 11.2. The van der Waals surface area contributed by atoms with Gasteiger partial charge in [-0.2, -0.15) is 0 Å². The van der Waals surface area contributed by atoms with E-state index in [1.165, 1.54) is 13.0 Å². The maximum absolute atomic E-state index is 11.2. The molecule has 0 atom stereocenters. The fourth-order valence-corrected chi connectivity index (χ4v) is 1.97. The normalized spacial score (nSPS) is 10.5. The van der Waals surface area contributed by atoms with Crippen molar-refractivity contribution in [3.8, 4) is 0 Å². The quantitative estimate of drug-likeness (QED) is 0.592. The second kappa shape index (κ2) is 6.34. The zero-order valence-corrected chi connectivity index (χ0v) is 12.7. The first-order valence-electron chi connectivity index (χ1n) is 5.15. The number of benzene rings is 1. The number of carboxylic acids is 1. The van der Waals surface area contributed by atoms with E-state index in [0.717, 1.165) is 0 Å². The number of aromatic carboxylic acids is 1. The average Bonchev–Trinajstić information content (AvgIpc) is 2.15. The van der Waals surface area contributed by atoms with Crippen LogP contribution in [0, 0.1) is 0 Å². The predicted octanol–water partition coefficient (Wildman–Crippen LogP) is -1.69. The Morgan fingerprint density at radius 1 is 1.24 bits per heavy atom. The van der Waals surface area contributed by atoms with Crippen molar-refractivity contribution in [2.24, 2.45) is 0 Å². The van der Waals surface area contributed by atoms with Crippen molar-refractivity contribution in [2.75, 3.05) is 0 Å². The summed E-state index contributed by atoms with van der Waals surface area (Å²) in [4.78, 5) is 22.1. The second-order valence-corrected chi connectivity index (χ2v) is 4.60. The van der Waals surface area contributed by atoms with E-state index in [1.807, 2.05) is 13.8 Å². The van der Waals surface area contributed by atoms with Crippen LogP contribution in [0.5, 0.6) is 0 Å². The molecule has 0 aliphatic heterocycles. The minimum atomic E-state index is -1.20. The van der Waals surface area contributed by atoms with Crippen LogP contribution >= 0.6 is 0 Å². The van der Waals surface area contributed by atoms with E-state index >= 15 is 0 Å². The van der Waals surface area contributed by atoms with Crippen LogP contribution in [-0.2, 0) is 10.2 Å².